The zero-order chi connectivity index (χ0) is 22.7. The molecular formula is C26H23FN2O3. The maximum atomic E-state index is 13.3. The summed E-state index contributed by atoms with van der Waals surface area (Å²) >= 11 is 0. The molecule has 0 radical (unpaired) electrons. The second-order valence-corrected chi connectivity index (χ2v) is 7.48. The fourth-order valence-corrected chi connectivity index (χ4v) is 3.60. The van der Waals surface area contributed by atoms with Gasteiger partial charge in [0, 0.05) is 5.69 Å². The van der Waals surface area contributed by atoms with E-state index in [2.05, 4.69) is 12.2 Å². The number of hydrogen-bond donors (Lipinski definition) is 1. The highest BCUT2D eigenvalue weighted by Gasteiger charge is 2.39. The van der Waals surface area contributed by atoms with E-state index < -0.39 is 11.8 Å². The zero-order valence-electron chi connectivity index (χ0n) is 17.9. The highest BCUT2D eigenvalue weighted by molar-refractivity contribution is 6.36. The smallest absolute Gasteiger partial charge is 0.278 e. The number of halogens is 1. The average Bonchev–Trinajstić information content (AvgIpc) is 3.05. The van der Waals surface area contributed by atoms with Gasteiger partial charge in [-0.05, 0) is 59.5 Å². The largest absolute Gasteiger partial charge is 0.497 e. The molecule has 1 aliphatic heterocycles. The van der Waals surface area contributed by atoms with Crippen LogP contribution in [-0.2, 0) is 22.6 Å². The molecule has 0 fully saturated rings. The molecule has 0 spiro atoms. The lowest BCUT2D eigenvalue weighted by molar-refractivity contribution is -0.137. The summed E-state index contributed by atoms with van der Waals surface area (Å²) in [5.74, 6) is -0.552. The van der Waals surface area contributed by atoms with E-state index in [4.69, 9.17) is 4.74 Å². The van der Waals surface area contributed by atoms with Gasteiger partial charge in [-0.2, -0.15) is 0 Å². The number of benzene rings is 3. The van der Waals surface area contributed by atoms with Gasteiger partial charge in [0.25, 0.3) is 11.8 Å². The molecule has 32 heavy (non-hydrogen) atoms. The van der Waals surface area contributed by atoms with Crippen molar-refractivity contribution < 1.29 is 18.7 Å². The zero-order valence-corrected chi connectivity index (χ0v) is 17.9. The number of anilines is 1. The normalized spacial score (nSPS) is 13.7. The van der Waals surface area contributed by atoms with Gasteiger partial charge >= 0.3 is 0 Å². The number of rotatable bonds is 7. The van der Waals surface area contributed by atoms with Crippen molar-refractivity contribution in [3.63, 3.8) is 0 Å². The lowest BCUT2D eigenvalue weighted by Gasteiger charge is -2.15. The number of nitrogens with zero attached hydrogens (tertiary/aromatic N) is 1. The summed E-state index contributed by atoms with van der Waals surface area (Å²) in [6.07, 6.45) is 0.906. The molecule has 4 rings (SSSR count). The van der Waals surface area contributed by atoms with Gasteiger partial charge in [-0.3, -0.25) is 14.5 Å². The second-order valence-electron chi connectivity index (χ2n) is 7.48. The van der Waals surface area contributed by atoms with E-state index in [1.165, 1.54) is 22.6 Å². The number of methoxy groups -OCH3 is 1. The van der Waals surface area contributed by atoms with Crippen LogP contribution < -0.4 is 10.1 Å². The van der Waals surface area contributed by atoms with Crippen LogP contribution in [0.5, 0.6) is 5.75 Å². The molecular weight excluding hydrogens is 407 g/mol. The minimum absolute atomic E-state index is 0.0531. The Kier molecular flexibility index (Phi) is 6.03. The number of carbonyl (C=O) groups excluding carboxylic acids is 2. The second kappa shape index (κ2) is 9.06. The Bertz CT molecular complexity index is 1170. The Morgan fingerprint density at radius 1 is 0.844 bits per heavy atom. The van der Waals surface area contributed by atoms with Gasteiger partial charge in [0.15, 0.2) is 0 Å². The van der Waals surface area contributed by atoms with Crippen LogP contribution in [-0.4, -0.2) is 23.8 Å². The fourth-order valence-electron chi connectivity index (χ4n) is 3.60. The van der Waals surface area contributed by atoms with Gasteiger partial charge < -0.3 is 10.1 Å². The Morgan fingerprint density at radius 3 is 2.06 bits per heavy atom. The summed E-state index contributed by atoms with van der Waals surface area (Å²) in [6.45, 7) is 2.12. The van der Waals surface area contributed by atoms with Crippen LogP contribution in [0, 0.1) is 5.82 Å². The third-order valence-electron chi connectivity index (χ3n) is 5.43. The van der Waals surface area contributed by atoms with Crippen LogP contribution in [0.3, 0.4) is 0 Å². The van der Waals surface area contributed by atoms with Gasteiger partial charge in [0.2, 0.25) is 0 Å². The average molecular weight is 430 g/mol. The molecule has 3 aromatic carbocycles. The molecule has 0 atom stereocenters. The lowest BCUT2D eigenvalue weighted by atomic mass is 10.0. The summed E-state index contributed by atoms with van der Waals surface area (Å²) in [4.78, 5) is 27.8. The molecule has 5 nitrogen and oxygen atoms in total. The molecule has 0 saturated heterocycles. The molecule has 3 aromatic rings. The molecule has 6 heteroatoms. The van der Waals surface area contributed by atoms with Gasteiger partial charge in [0.05, 0.1) is 19.2 Å². The van der Waals surface area contributed by atoms with E-state index in [9.17, 15) is 14.0 Å². The highest BCUT2D eigenvalue weighted by atomic mass is 19.1. The quantitative estimate of drug-likeness (QED) is 0.548. The third-order valence-corrected chi connectivity index (χ3v) is 5.43. The van der Waals surface area contributed by atoms with E-state index in [0.717, 1.165) is 6.42 Å². The van der Waals surface area contributed by atoms with Gasteiger partial charge in [-0.25, -0.2) is 4.39 Å². The first-order chi connectivity index (χ1) is 15.5. The van der Waals surface area contributed by atoms with Crippen molar-refractivity contribution >= 4 is 23.1 Å². The van der Waals surface area contributed by atoms with Crippen molar-refractivity contribution in [1.29, 1.82) is 0 Å². The maximum Gasteiger partial charge on any atom is 0.278 e. The van der Waals surface area contributed by atoms with Crippen molar-refractivity contribution in [3.05, 3.63) is 101 Å². The number of nitrogens with one attached hydrogen (secondary N) is 1. The number of amides is 2. The Hall–Kier alpha value is -3.93. The number of ether oxygens (including phenoxy) is 1. The molecule has 1 heterocycles. The fraction of sp³-hybridized carbons (Fsp3) is 0.154. The SMILES string of the molecule is CCc1ccc(NC2=C(c3ccc(OC)cc3)C(=O)N(Cc3ccc(F)cc3)C2=O)cc1. The molecule has 0 saturated carbocycles. The minimum Gasteiger partial charge on any atom is -0.497 e. The van der Waals surface area contributed by atoms with Crippen molar-refractivity contribution in [2.45, 2.75) is 19.9 Å². The monoisotopic (exact) mass is 430 g/mol. The van der Waals surface area contributed by atoms with Crippen molar-refractivity contribution in [2.24, 2.45) is 0 Å². The van der Waals surface area contributed by atoms with E-state index in [1.807, 2.05) is 24.3 Å². The lowest BCUT2D eigenvalue weighted by Crippen LogP contribution is -2.32. The van der Waals surface area contributed by atoms with E-state index >= 15 is 0 Å². The number of aryl methyl sites for hydroxylation is 1. The summed E-state index contributed by atoms with van der Waals surface area (Å²) in [5, 5.41) is 3.15. The first kappa shape index (κ1) is 21.3. The van der Waals surface area contributed by atoms with Crippen LogP contribution in [0.25, 0.3) is 5.57 Å². The number of hydrogen-bond acceptors (Lipinski definition) is 4. The number of imide groups is 1. The molecule has 1 aliphatic rings. The van der Waals surface area contributed by atoms with E-state index in [-0.39, 0.29) is 18.1 Å². The molecule has 0 aromatic heterocycles. The molecule has 2 amide bonds. The van der Waals surface area contributed by atoms with E-state index in [1.54, 1.807) is 43.5 Å². The van der Waals surface area contributed by atoms with Crippen LogP contribution in [0.4, 0.5) is 10.1 Å². The summed E-state index contributed by atoms with van der Waals surface area (Å²) in [7, 11) is 1.57. The van der Waals surface area contributed by atoms with Crippen LogP contribution >= 0.6 is 0 Å². The summed E-state index contributed by atoms with van der Waals surface area (Å²) < 4.78 is 18.5. The van der Waals surface area contributed by atoms with Crippen LogP contribution in [0.15, 0.2) is 78.5 Å². The topological polar surface area (TPSA) is 58.6 Å². The van der Waals surface area contributed by atoms with E-state index in [0.29, 0.717) is 28.1 Å². The maximum absolute atomic E-state index is 13.3. The van der Waals surface area contributed by atoms with Gasteiger partial charge in [-0.15, -0.1) is 0 Å². The summed E-state index contributed by atoms with van der Waals surface area (Å²) in [6, 6.07) is 20.5. The first-order valence-electron chi connectivity index (χ1n) is 10.4. The van der Waals surface area contributed by atoms with Crippen molar-refractivity contribution in [3.8, 4) is 5.75 Å². The highest BCUT2D eigenvalue weighted by Crippen LogP contribution is 2.32. The Labute approximate surface area is 186 Å². The number of carbonyl (C=O) groups is 2. The summed E-state index contributed by atoms with van der Waals surface area (Å²) in [5.41, 5.74) is 3.67. The molecule has 162 valence electrons. The van der Waals surface area contributed by atoms with Gasteiger partial charge in [0.1, 0.15) is 17.3 Å². The van der Waals surface area contributed by atoms with Gasteiger partial charge in [-0.1, -0.05) is 43.3 Å². The van der Waals surface area contributed by atoms with Crippen molar-refractivity contribution in [1.82, 2.24) is 4.90 Å². The predicted molar refractivity (Wildman–Crippen MR) is 121 cm³/mol. The molecule has 0 bridgehead atoms. The Balaban J connectivity index is 1.71. The van der Waals surface area contributed by atoms with Crippen LogP contribution in [0.1, 0.15) is 23.6 Å². The third kappa shape index (κ3) is 4.25. The minimum atomic E-state index is -0.426. The molecule has 0 aliphatic carbocycles. The molecule has 1 N–H and O–H groups in total. The molecule has 0 unspecified atom stereocenters. The van der Waals surface area contributed by atoms with Crippen LogP contribution in [0.2, 0.25) is 0 Å². The first-order valence-corrected chi connectivity index (χ1v) is 10.4. The van der Waals surface area contributed by atoms with Crippen molar-refractivity contribution in [2.75, 3.05) is 12.4 Å². The standard InChI is InChI=1S/C26H23FN2O3/c1-3-17-6-12-21(13-7-17)28-24-23(19-8-14-22(32-2)15-9-19)25(30)29(26(24)31)16-18-4-10-20(27)11-5-18/h4-15,28H,3,16H2,1-2H3. The Morgan fingerprint density at radius 2 is 1.47 bits per heavy atom. The predicted octanol–water partition coefficient (Wildman–Crippen LogP) is 4.79.